The van der Waals surface area contributed by atoms with Crippen LogP contribution in [0.3, 0.4) is 0 Å². The molecule has 1 atom stereocenters. The zero-order chi connectivity index (χ0) is 21.0. The van der Waals surface area contributed by atoms with Crippen molar-refractivity contribution in [1.29, 1.82) is 0 Å². The van der Waals surface area contributed by atoms with Crippen molar-refractivity contribution in [2.75, 3.05) is 11.9 Å². The first kappa shape index (κ1) is 20.0. The average Bonchev–Trinajstić information content (AvgIpc) is 2.94. The molecule has 1 saturated heterocycles. The van der Waals surface area contributed by atoms with Gasteiger partial charge in [-0.25, -0.2) is 9.18 Å². The van der Waals surface area contributed by atoms with Gasteiger partial charge in [0.25, 0.3) is 5.91 Å². The number of urea groups is 1. The molecule has 2 aromatic carbocycles. The summed E-state index contributed by atoms with van der Waals surface area (Å²) >= 11 is 0. The number of amides is 4. The lowest BCUT2D eigenvalue weighted by molar-refractivity contribution is -0.138. The minimum Gasteiger partial charge on any atom is -0.481 e. The summed E-state index contributed by atoms with van der Waals surface area (Å²) in [4.78, 5) is 49.6. The number of carbonyl (C=O) groups excluding carboxylic acids is 3. The summed E-state index contributed by atoms with van der Waals surface area (Å²) in [5.41, 5.74) is -1.25. The minimum absolute atomic E-state index is 0.0789. The predicted molar refractivity (Wildman–Crippen MR) is 100 cm³/mol. The van der Waals surface area contributed by atoms with E-state index in [-0.39, 0.29) is 18.5 Å². The Kier molecular flexibility index (Phi) is 5.58. The highest BCUT2D eigenvalue weighted by Crippen LogP contribution is 2.33. The molecule has 8 nitrogen and oxygen atoms in total. The lowest BCUT2D eigenvalue weighted by Gasteiger charge is -2.26. The van der Waals surface area contributed by atoms with Crippen LogP contribution >= 0.6 is 0 Å². The zero-order valence-corrected chi connectivity index (χ0v) is 15.2. The number of hydrogen-bond donors (Lipinski definition) is 3. The van der Waals surface area contributed by atoms with Crippen molar-refractivity contribution < 1.29 is 28.7 Å². The summed E-state index contributed by atoms with van der Waals surface area (Å²) in [6.07, 6.45) is -0.543. The number of rotatable bonds is 7. The highest BCUT2D eigenvalue weighted by atomic mass is 19.1. The van der Waals surface area contributed by atoms with E-state index in [0.717, 1.165) is 6.07 Å². The molecule has 150 valence electrons. The van der Waals surface area contributed by atoms with Crippen molar-refractivity contribution in [3.8, 4) is 0 Å². The van der Waals surface area contributed by atoms with Crippen molar-refractivity contribution in [3.05, 3.63) is 66.0 Å². The Morgan fingerprint density at radius 3 is 2.38 bits per heavy atom. The number of hydrogen-bond acceptors (Lipinski definition) is 4. The smallest absolute Gasteiger partial charge is 0.325 e. The molecule has 29 heavy (non-hydrogen) atoms. The summed E-state index contributed by atoms with van der Waals surface area (Å²) in [7, 11) is 0. The van der Waals surface area contributed by atoms with Gasteiger partial charge in [0.15, 0.2) is 0 Å². The van der Waals surface area contributed by atoms with E-state index in [1.165, 1.54) is 18.2 Å². The average molecular weight is 399 g/mol. The van der Waals surface area contributed by atoms with Crippen molar-refractivity contribution in [2.45, 2.75) is 18.4 Å². The summed E-state index contributed by atoms with van der Waals surface area (Å²) in [6, 6.07) is 12.9. The normalized spacial score (nSPS) is 18.4. The topological polar surface area (TPSA) is 116 Å². The Hall–Kier alpha value is -3.75. The first-order valence-electron chi connectivity index (χ1n) is 8.79. The van der Waals surface area contributed by atoms with Gasteiger partial charge < -0.3 is 15.7 Å². The number of benzene rings is 2. The molecular formula is C20H18FN3O5. The quantitative estimate of drug-likeness (QED) is 0.617. The first-order chi connectivity index (χ1) is 13.8. The second kappa shape index (κ2) is 8.09. The molecule has 1 fully saturated rings. The highest BCUT2D eigenvalue weighted by molar-refractivity contribution is 6.10. The van der Waals surface area contributed by atoms with Crippen LogP contribution in [-0.4, -0.2) is 40.4 Å². The Balaban J connectivity index is 1.83. The maximum absolute atomic E-state index is 13.7. The fourth-order valence-corrected chi connectivity index (χ4v) is 3.19. The third-order valence-corrected chi connectivity index (χ3v) is 4.61. The van der Waals surface area contributed by atoms with Crippen LogP contribution in [-0.2, 0) is 19.9 Å². The third kappa shape index (κ3) is 4.08. The SMILES string of the molecule is O=C(O)CC[C@@]1(c2ccccc2)NC(=O)N(CC(=O)Nc2ccccc2F)C1=O. The molecule has 0 aliphatic carbocycles. The van der Waals surface area contributed by atoms with Gasteiger partial charge in [-0.05, 0) is 24.1 Å². The molecule has 1 heterocycles. The van der Waals surface area contributed by atoms with Gasteiger partial charge in [-0.1, -0.05) is 42.5 Å². The molecule has 0 aromatic heterocycles. The van der Waals surface area contributed by atoms with E-state index in [4.69, 9.17) is 5.11 Å². The molecule has 4 amide bonds. The van der Waals surface area contributed by atoms with E-state index < -0.39 is 41.7 Å². The van der Waals surface area contributed by atoms with Gasteiger partial charge in [0, 0.05) is 6.42 Å². The number of carboxylic acids is 1. The fraction of sp³-hybridized carbons (Fsp3) is 0.200. The van der Waals surface area contributed by atoms with Crippen LogP contribution in [0.4, 0.5) is 14.9 Å². The summed E-state index contributed by atoms with van der Waals surface area (Å²) < 4.78 is 13.7. The lowest BCUT2D eigenvalue weighted by atomic mass is 9.85. The van der Waals surface area contributed by atoms with E-state index >= 15 is 0 Å². The Labute approximate surface area is 165 Å². The van der Waals surface area contributed by atoms with Crippen LogP contribution in [0.1, 0.15) is 18.4 Å². The lowest BCUT2D eigenvalue weighted by Crippen LogP contribution is -2.45. The Bertz CT molecular complexity index is 966. The van der Waals surface area contributed by atoms with Crippen molar-refractivity contribution in [3.63, 3.8) is 0 Å². The van der Waals surface area contributed by atoms with Gasteiger partial charge in [-0.15, -0.1) is 0 Å². The molecular weight excluding hydrogens is 381 g/mol. The fourth-order valence-electron chi connectivity index (χ4n) is 3.19. The number of carboxylic acid groups (broad SMARTS) is 1. The van der Waals surface area contributed by atoms with E-state index in [9.17, 15) is 23.6 Å². The van der Waals surface area contributed by atoms with Crippen LogP contribution in [0.25, 0.3) is 0 Å². The molecule has 3 N–H and O–H groups in total. The second-order valence-electron chi connectivity index (χ2n) is 6.51. The third-order valence-electron chi connectivity index (χ3n) is 4.61. The number of nitrogens with zero attached hydrogens (tertiary/aromatic N) is 1. The summed E-state index contributed by atoms with van der Waals surface area (Å²) in [5, 5.41) is 13.9. The molecule has 3 rings (SSSR count). The maximum atomic E-state index is 13.7. The van der Waals surface area contributed by atoms with E-state index in [2.05, 4.69) is 10.6 Å². The summed E-state index contributed by atoms with van der Waals surface area (Å²) in [6.45, 7) is -0.638. The van der Waals surface area contributed by atoms with Crippen molar-refractivity contribution in [1.82, 2.24) is 10.2 Å². The predicted octanol–water partition coefficient (Wildman–Crippen LogP) is 2.08. The molecule has 1 aliphatic heterocycles. The number of halogens is 1. The van der Waals surface area contributed by atoms with Crippen LogP contribution in [0.2, 0.25) is 0 Å². The summed E-state index contributed by atoms with van der Waals surface area (Å²) in [5.74, 6) is -3.28. The molecule has 0 bridgehead atoms. The standard InChI is InChI=1S/C20H18FN3O5/c21-14-8-4-5-9-15(14)22-16(25)12-24-18(28)20(23-19(24)29,11-10-17(26)27)13-6-2-1-3-7-13/h1-9H,10-12H2,(H,22,25)(H,23,29)(H,26,27)/t20-/m0/s1. The number of anilines is 1. The molecule has 0 saturated carbocycles. The van der Waals surface area contributed by atoms with Gasteiger partial charge in [0.1, 0.15) is 17.9 Å². The van der Waals surface area contributed by atoms with Crippen LogP contribution in [0, 0.1) is 5.82 Å². The molecule has 1 aliphatic rings. The second-order valence-corrected chi connectivity index (χ2v) is 6.51. The van der Waals surface area contributed by atoms with Crippen LogP contribution in [0.5, 0.6) is 0 Å². The molecule has 0 unspecified atom stereocenters. The Morgan fingerprint density at radius 2 is 1.72 bits per heavy atom. The van der Waals surface area contributed by atoms with Gasteiger partial charge in [-0.2, -0.15) is 0 Å². The monoisotopic (exact) mass is 399 g/mol. The van der Waals surface area contributed by atoms with Crippen LogP contribution < -0.4 is 10.6 Å². The van der Waals surface area contributed by atoms with Gasteiger partial charge in [0.2, 0.25) is 5.91 Å². The number of aliphatic carboxylic acids is 1. The highest BCUT2D eigenvalue weighted by Gasteiger charge is 2.52. The van der Waals surface area contributed by atoms with Gasteiger partial charge >= 0.3 is 12.0 Å². The molecule has 0 radical (unpaired) electrons. The van der Waals surface area contributed by atoms with Gasteiger partial charge in [0.05, 0.1) is 5.69 Å². The Morgan fingerprint density at radius 1 is 1.07 bits per heavy atom. The van der Waals surface area contributed by atoms with Crippen molar-refractivity contribution in [2.24, 2.45) is 0 Å². The number of carbonyl (C=O) groups is 4. The molecule has 2 aromatic rings. The molecule has 0 spiro atoms. The largest absolute Gasteiger partial charge is 0.481 e. The van der Waals surface area contributed by atoms with E-state index in [1.807, 2.05) is 0 Å². The van der Waals surface area contributed by atoms with Crippen LogP contribution in [0.15, 0.2) is 54.6 Å². The van der Waals surface area contributed by atoms with Gasteiger partial charge in [-0.3, -0.25) is 19.3 Å². The zero-order valence-electron chi connectivity index (χ0n) is 15.2. The minimum atomic E-state index is -1.59. The molecule has 9 heteroatoms. The number of nitrogens with one attached hydrogen (secondary N) is 2. The van der Waals surface area contributed by atoms with E-state index in [1.54, 1.807) is 30.3 Å². The first-order valence-corrected chi connectivity index (χ1v) is 8.79. The van der Waals surface area contributed by atoms with E-state index in [0.29, 0.717) is 10.5 Å². The maximum Gasteiger partial charge on any atom is 0.325 e. The number of imide groups is 1. The number of para-hydroxylation sites is 1. The van der Waals surface area contributed by atoms with Crippen molar-refractivity contribution >= 4 is 29.5 Å².